The zero-order valence-corrected chi connectivity index (χ0v) is 11.6. The number of nitrogens with two attached hydrogens (primary N) is 1. The summed E-state index contributed by atoms with van der Waals surface area (Å²) in [5, 5.41) is 0. The number of amides is 1. The standard InChI is InChI=1S/C15H16N2O.ClH/c1-17(11-12-7-3-2-4-8-12)15(18)13-9-5-6-10-14(13)16;/h2-10H,11,16H2,1H3;1H. The van der Waals surface area contributed by atoms with Crippen molar-refractivity contribution in [1.82, 2.24) is 4.90 Å². The molecule has 0 fully saturated rings. The van der Waals surface area contributed by atoms with Crippen molar-refractivity contribution < 1.29 is 4.79 Å². The van der Waals surface area contributed by atoms with Gasteiger partial charge in [0.2, 0.25) is 0 Å². The van der Waals surface area contributed by atoms with E-state index in [1.54, 1.807) is 24.1 Å². The average molecular weight is 277 g/mol. The van der Waals surface area contributed by atoms with E-state index in [-0.39, 0.29) is 18.3 Å². The Morgan fingerprint density at radius 2 is 1.63 bits per heavy atom. The van der Waals surface area contributed by atoms with Crippen molar-refractivity contribution in [1.29, 1.82) is 0 Å². The Morgan fingerprint density at radius 1 is 1.05 bits per heavy atom. The van der Waals surface area contributed by atoms with Gasteiger partial charge in [-0.1, -0.05) is 42.5 Å². The Morgan fingerprint density at radius 3 is 2.26 bits per heavy atom. The molecule has 1 amide bonds. The van der Waals surface area contributed by atoms with Crippen molar-refractivity contribution in [2.75, 3.05) is 12.8 Å². The van der Waals surface area contributed by atoms with E-state index in [0.29, 0.717) is 17.8 Å². The summed E-state index contributed by atoms with van der Waals surface area (Å²) < 4.78 is 0. The lowest BCUT2D eigenvalue weighted by atomic mass is 10.1. The molecule has 100 valence electrons. The molecule has 0 aliphatic carbocycles. The molecule has 0 bridgehead atoms. The number of carbonyl (C=O) groups excluding carboxylic acids is 1. The maximum atomic E-state index is 12.2. The molecule has 0 spiro atoms. The van der Waals surface area contributed by atoms with Crippen LogP contribution in [0, 0.1) is 0 Å². The highest BCUT2D eigenvalue weighted by Gasteiger charge is 2.13. The van der Waals surface area contributed by atoms with Crippen LogP contribution in [0.25, 0.3) is 0 Å². The molecular weight excluding hydrogens is 260 g/mol. The van der Waals surface area contributed by atoms with Gasteiger partial charge in [0, 0.05) is 19.3 Å². The minimum absolute atomic E-state index is 0. The van der Waals surface area contributed by atoms with Crippen molar-refractivity contribution >= 4 is 24.0 Å². The molecule has 0 heterocycles. The highest BCUT2D eigenvalue weighted by atomic mass is 35.5. The highest BCUT2D eigenvalue weighted by molar-refractivity contribution is 5.98. The van der Waals surface area contributed by atoms with Crippen LogP contribution in [0.3, 0.4) is 0 Å². The zero-order chi connectivity index (χ0) is 13.0. The Kier molecular flexibility index (Phi) is 5.39. The molecular formula is C15H17ClN2O. The summed E-state index contributed by atoms with van der Waals surface area (Å²) in [4.78, 5) is 13.9. The number of benzene rings is 2. The first-order valence-electron chi connectivity index (χ1n) is 5.82. The summed E-state index contributed by atoms with van der Waals surface area (Å²) >= 11 is 0. The van der Waals surface area contributed by atoms with Gasteiger partial charge >= 0.3 is 0 Å². The minimum Gasteiger partial charge on any atom is -0.398 e. The molecule has 3 nitrogen and oxygen atoms in total. The van der Waals surface area contributed by atoms with Gasteiger partial charge in [-0.05, 0) is 17.7 Å². The second-order valence-corrected chi connectivity index (χ2v) is 4.23. The summed E-state index contributed by atoms with van der Waals surface area (Å²) in [6, 6.07) is 17.0. The quantitative estimate of drug-likeness (QED) is 0.876. The first-order valence-corrected chi connectivity index (χ1v) is 5.82. The van der Waals surface area contributed by atoms with Crippen molar-refractivity contribution in [3.8, 4) is 0 Å². The van der Waals surface area contributed by atoms with Crippen LogP contribution in [0.1, 0.15) is 15.9 Å². The number of hydrogen-bond acceptors (Lipinski definition) is 2. The van der Waals surface area contributed by atoms with Gasteiger partial charge in [-0.2, -0.15) is 0 Å². The van der Waals surface area contributed by atoms with Crippen LogP contribution in [0.4, 0.5) is 5.69 Å². The van der Waals surface area contributed by atoms with Crippen LogP contribution in [0.15, 0.2) is 54.6 Å². The van der Waals surface area contributed by atoms with Crippen LogP contribution in [-0.4, -0.2) is 17.9 Å². The van der Waals surface area contributed by atoms with Crippen LogP contribution in [0.2, 0.25) is 0 Å². The molecule has 0 saturated carbocycles. The molecule has 0 saturated heterocycles. The van der Waals surface area contributed by atoms with E-state index in [2.05, 4.69) is 0 Å². The van der Waals surface area contributed by atoms with Gasteiger partial charge in [0.15, 0.2) is 0 Å². The molecule has 4 heteroatoms. The number of para-hydroxylation sites is 1. The SMILES string of the molecule is CN(Cc1ccccc1)C(=O)c1ccccc1N.Cl. The van der Waals surface area contributed by atoms with E-state index in [0.717, 1.165) is 5.56 Å². The maximum Gasteiger partial charge on any atom is 0.255 e. The summed E-state index contributed by atoms with van der Waals surface area (Å²) in [5.41, 5.74) is 7.97. The lowest BCUT2D eigenvalue weighted by Crippen LogP contribution is -2.26. The Labute approximate surface area is 119 Å². The summed E-state index contributed by atoms with van der Waals surface area (Å²) in [6.45, 7) is 0.577. The molecule has 2 aromatic carbocycles. The van der Waals surface area contributed by atoms with Gasteiger partial charge in [-0.3, -0.25) is 4.79 Å². The van der Waals surface area contributed by atoms with Crippen molar-refractivity contribution in [3.05, 3.63) is 65.7 Å². The third-order valence-electron chi connectivity index (χ3n) is 2.80. The molecule has 19 heavy (non-hydrogen) atoms. The largest absolute Gasteiger partial charge is 0.398 e. The van der Waals surface area contributed by atoms with Gasteiger partial charge < -0.3 is 10.6 Å². The minimum atomic E-state index is -0.0584. The van der Waals surface area contributed by atoms with Crippen LogP contribution in [0.5, 0.6) is 0 Å². The highest BCUT2D eigenvalue weighted by Crippen LogP contribution is 2.14. The monoisotopic (exact) mass is 276 g/mol. The van der Waals surface area contributed by atoms with Gasteiger partial charge in [0.25, 0.3) is 5.91 Å². The van der Waals surface area contributed by atoms with Crippen molar-refractivity contribution in [2.45, 2.75) is 6.54 Å². The molecule has 2 N–H and O–H groups in total. The Bertz CT molecular complexity index is 543. The van der Waals surface area contributed by atoms with Gasteiger partial charge in [-0.25, -0.2) is 0 Å². The summed E-state index contributed by atoms with van der Waals surface area (Å²) in [6.07, 6.45) is 0. The molecule has 0 aliphatic heterocycles. The molecule has 2 rings (SSSR count). The number of carbonyl (C=O) groups is 1. The van der Waals surface area contributed by atoms with Crippen molar-refractivity contribution in [2.24, 2.45) is 0 Å². The maximum absolute atomic E-state index is 12.2. The first-order chi connectivity index (χ1) is 8.68. The topological polar surface area (TPSA) is 46.3 Å². The molecule has 0 aliphatic rings. The normalized spacial score (nSPS) is 9.53. The Hall–Kier alpha value is -2.00. The van der Waals surface area contributed by atoms with Crippen LogP contribution >= 0.6 is 12.4 Å². The average Bonchev–Trinajstić information content (AvgIpc) is 2.39. The molecule has 0 unspecified atom stereocenters. The predicted octanol–water partition coefficient (Wildman–Crippen LogP) is 2.96. The fourth-order valence-corrected chi connectivity index (χ4v) is 1.83. The lowest BCUT2D eigenvalue weighted by molar-refractivity contribution is 0.0786. The molecule has 2 aromatic rings. The zero-order valence-electron chi connectivity index (χ0n) is 10.7. The number of hydrogen-bond donors (Lipinski definition) is 1. The number of halogens is 1. The number of nitrogen functional groups attached to an aromatic ring is 1. The van der Waals surface area contributed by atoms with E-state index < -0.39 is 0 Å². The van der Waals surface area contributed by atoms with Crippen LogP contribution in [-0.2, 0) is 6.54 Å². The third kappa shape index (κ3) is 3.73. The van der Waals surface area contributed by atoms with E-state index in [4.69, 9.17) is 5.73 Å². The van der Waals surface area contributed by atoms with Gasteiger partial charge in [0.05, 0.1) is 5.56 Å². The van der Waals surface area contributed by atoms with Crippen LogP contribution < -0.4 is 5.73 Å². The van der Waals surface area contributed by atoms with E-state index >= 15 is 0 Å². The third-order valence-corrected chi connectivity index (χ3v) is 2.80. The van der Waals surface area contributed by atoms with Gasteiger partial charge in [-0.15, -0.1) is 12.4 Å². The first kappa shape index (κ1) is 15.1. The molecule has 0 radical (unpaired) electrons. The summed E-state index contributed by atoms with van der Waals surface area (Å²) in [7, 11) is 1.78. The number of rotatable bonds is 3. The van der Waals surface area contributed by atoms with Crippen molar-refractivity contribution in [3.63, 3.8) is 0 Å². The second kappa shape index (κ2) is 6.81. The molecule has 0 aromatic heterocycles. The Balaban J connectivity index is 0.00000180. The summed E-state index contributed by atoms with van der Waals surface area (Å²) in [5.74, 6) is -0.0584. The van der Waals surface area contributed by atoms with E-state index in [9.17, 15) is 4.79 Å². The van der Waals surface area contributed by atoms with Gasteiger partial charge in [0.1, 0.15) is 0 Å². The predicted molar refractivity (Wildman–Crippen MR) is 80.3 cm³/mol. The van der Waals surface area contributed by atoms with E-state index in [1.165, 1.54) is 0 Å². The lowest BCUT2D eigenvalue weighted by Gasteiger charge is -2.18. The van der Waals surface area contributed by atoms with E-state index in [1.807, 2.05) is 42.5 Å². The fraction of sp³-hybridized carbons (Fsp3) is 0.133. The second-order valence-electron chi connectivity index (χ2n) is 4.23. The smallest absolute Gasteiger partial charge is 0.255 e. The fourth-order valence-electron chi connectivity index (χ4n) is 1.83. The number of anilines is 1. The molecule has 0 atom stereocenters. The number of nitrogens with zero attached hydrogens (tertiary/aromatic N) is 1.